The molecule has 0 N–H and O–H groups in total. The number of amides is 1. The number of benzene rings is 3. The Morgan fingerprint density at radius 2 is 1.60 bits per heavy atom. The quantitative estimate of drug-likeness (QED) is 0.250. The number of para-hydroxylation sites is 2. The molecule has 3 aromatic carbocycles. The van der Waals surface area contributed by atoms with Crippen molar-refractivity contribution >= 4 is 29.0 Å². The Morgan fingerprint density at radius 1 is 0.971 bits per heavy atom. The highest BCUT2D eigenvalue weighted by atomic mass is 32.2. The highest BCUT2D eigenvalue weighted by Gasteiger charge is 2.26. The fourth-order valence-corrected chi connectivity index (χ4v) is 5.18. The summed E-state index contributed by atoms with van der Waals surface area (Å²) >= 11 is 1.39. The first kappa shape index (κ1) is 22.9. The summed E-state index contributed by atoms with van der Waals surface area (Å²) in [4.78, 5) is 15.5. The van der Waals surface area contributed by atoms with Crippen molar-refractivity contribution in [2.24, 2.45) is 0 Å². The zero-order valence-electron chi connectivity index (χ0n) is 19.6. The van der Waals surface area contributed by atoms with Crippen LogP contribution in [0, 0.1) is 0 Å². The third-order valence-corrected chi connectivity index (χ3v) is 7.03. The smallest absolute Gasteiger partial charge is 0.242 e. The Balaban J connectivity index is 1.43. The average Bonchev–Trinajstić information content (AvgIpc) is 3.21. The Morgan fingerprint density at radius 3 is 2.20 bits per heavy atom. The number of methoxy groups -OCH3 is 1. The van der Waals surface area contributed by atoms with E-state index in [1.807, 2.05) is 76.2 Å². The molecule has 1 aromatic heterocycles. The molecule has 0 radical (unpaired) electrons. The van der Waals surface area contributed by atoms with E-state index in [0.717, 1.165) is 41.4 Å². The van der Waals surface area contributed by atoms with Crippen LogP contribution in [-0.4, -0.2) is 33.5 Å². The number of nitrogens with zero attached hydrogens (tertiary/aromatic N) is 4. The molecule has 0 fully saturated rings. The molecule has 0 saturated carbocycles. The van der Waals surface area contributed by atoms with Gasteiger partial charge in [-0.2, -0.15) is 0 Å². The van der Waals surface area contributed by atoms with E-state index in [2.05, 4.69) is 28.9 Å². The molecule has 1 amide bonds. The zero-order valence-corrected chi connectivity index (χ0v) is 20.4. The van der Waals surface area contributed by atoms with Crippen LogP contribution < -0.4 is 9.64 Å². The molecule has 6 nitrogen and oxygen atoms in total. The molecule has 1 aliphatic rings. The van der Waals surface area contributed by atoms with Gasteiger partial charge in [-0.1, -0.05) is 54.2 Å². The van der Waals surface area contributed by atoms with Gasteiger partial charge in [-0.15, -0.1) is 16.8 Å². The third kappa shape index (κ3) is 4.59. The average molecular weight is 483 g/mol. The molecule has 4 aromatic rings. The predicted octanol–water partition coefficient (Wildman–Crippen LogP) is 5.70. The summed E-state index contributed by atoms with van der Waals surface area (Å²) in [7, 11) is 1.64. The number of allylic oxidation sites excluding steroid dienone is 1. The number of carbonyl (C=O) groups excluding carboxylic acids is 1. The molecule has 5 rings (SSSR count). The van der Waals surface area contributed by atoms with E-state index in [9.17, 15) is 4.79 Å². The minimum absolute atomic E-state index is 0.0101. The Labute approximate surface area is 209 Å². The summed E-state index contributed by atoms with van der Waals surface area (Å²) in [5.41, 5.74) is 5.19. The van der Waals surface area contributed by atoms with Crippen LogP contribution in [0.3, 0.4) is 0 Å². The number of aryl methyl sites for hydroxylation is 2. The summed E-state index contributed by atoms with van der Waals surface area (Å²) < 4.78 is 7.25. The van der Waals surface area contributed by atoms with E-state index < -0.39 is 0 Å². The minimum atomic E-state index is 0.0101. The maximum Gasteiger partial charge on any atom is 0.242 e. The SMILES string of the molecule is C=CCn1c(SCC(=O)N2c3ccccc3CCc3ccccc32)nnc1-c1ccc(OC)cc1. The lowest BCUT2D eigenvalue weighted by atomic mass is 10.0. The molecule has 0 saturated heterocycles. The molecular formula is C28H26N4O2S. The first-order valence-electron chi connectivity index (χ1n) is 11.5. The number of fused-ring (bicyclic) bond motifs is 2. The van der Waals surface area contributed by atoms with Crippen molar-refractivity contribution in [3.63, 3.8) is 0 Å². The second kappa shape index (κ2) is 10.2. The molecule has 0 atom stereocenters. The van der Waals surface area contributed by atoms with Gasteiger partial charge < -0.3 is 4.74 Å². The first-order chi connectivity index (χ1) is 17.2. The van der Waals surface area contributed by atoms with Crippen molar-refractivity contribution in [3.05, 3.63) is 96.6 Å². The van der Waals surface area contributed by atoms with E-state index in [1.165, 1.54) is 22.9 Å². The Kier molecular flexibility index (Phi) is 6.68. The van der Waals surface area contributed by atoms with Crippen molar-refractivity contribution in [2.75, 3.05) is 17.8 Å². The highest BCUT2D eigenvalue weighted by Crippen LogP contribution is 2.37. The van der Waals surface area contributed by atoms with E-state index in [0.29, 0.717) is 11.7 Å². The van der Waals surface area contributed by atoms with E-state index in [-0.39, 0.29) is 11.7 Å². The number of rotatable bonds is 7. The largest absolute Gasteiger partial charge is 0.497 e. The Hall–Kier alpha value is -3.84. The fraction of sp³-hybridized carbons (Fsp3) is 0.179. The topological polar surface area (TPSA) is 60.2 Å². The number of ether oxygens (including phenoxy) is 1. The van der Waals surface area contributed by atoms with Crippen LogP contribution in [0.1, 0.15) is 11.1 Å². The van der Waals surface area contributed by atoms with Gasteiger partial charge in [-0.05, 0) is 60.4 Å². The number of anilines is 2. The maximum atomic E-state index is 13.7. The van der Waals surface area contributed by atoms with Crippen molar-refractivity contribution in [3.8, 4) is 17.1 Å². The summed E-state index contributed by atoms with van der Waals surface area (Å²) in [6.07, 6.45) is 3.62. The molecule has 0 unspecified atom stereocenters. The van der Waals surface area contributed by atoms with Gasteiger partial charge in [0.15, 0.2) is 11.0 Å². The van der Waals surface area contributed by atoms with Crippen LogP contribution >= 0.6 is 11.8 Å². The Bertz CT molecular complexity index is 1320. The second-order valence-electron chi connectivity index (χ2n) is 8.21. The van der Waals surface area contributed by atoms with Gasteiger partial charge in [0.25, 0.3) is 0 Å². The van der Waals surface area contributed by atoms with Crippen LogP contribution in [0.5, 0.6) is 5.75 Å². The number of thioether (sulfide) groups is 1. The van der Waals surface area contributed by atoms with Crippen LogP contribution in [-0.2, 0) is 24.2 Å². The van der Waals surface area contributed by atoms with Gasteiger partial charge >= 0.3 is 0 Å². The van der Waals surface area contributed by atoms with Crippen LogP contribution in [0.15, 0.2) is 90.6 Å². The molecule has 2 heterocycles. The van der Waals surface area contributed by atoms with Crippen molar-refractivity contribution < 1.29 is 9.53 Å². The van der Waals surface area contributed by atoms with E-state index in [1.54, 1.807) is 7.11 Å². The number of hydrogen-bond donors (Lipinski definition) is 0. The normalized spacial score (nSPS) is 12.4. The molecule has 176 valence electrons. The maximum absolute atomic E-state index is 13.7. The highest BCUT2D eigenvalue weighted by molar-refractivity contribution is 7.99. The standard InChI is InChI=1S/C28H26N4O2S/c1-3-18-31-27(22-14-16-23(34-2)17-15-22)29-30-28(31)35-19-26(33)32-24-10-6-4-8-20(24)12-13-21-9-5-7-11-25(21)32/h3-11,14-17H,1,12-13,18-19H2,2H3. The van der Waals surface area contributed by atoms with Gasteiger partial charge in [0.1, 0.15) is 5.75 Å². The minimum Gasteiger partial charge on any atom is -0.497 e. The fourth-order valence-electron chi connectivity index (χ4n) is 4.38. The van der Waals surface area contributed by atoms with Gasteiger partial charge in [0.2, 0.25) is 5.91 Å². The van der Waals surface area contributed by atoms with Crippen molar-refractivity contribution in [1.82, 2.24) is 14.8 Å². The van der Waals surface area contributed by atoms with E-state index >= 15 is 0 Å². The monoisotopic (exact) mass is 482 g/mol. The molecule has 7 heteroatoms. The van der Waals surface area contributed by atoms with Crippen LogP contribution in [0.25, 0.3) is 11.4 Å². The van der Waals surface area contributed by atoms with Crippen LogP contribution in [0.4, 0.5) is 11.4 Å². The molecule has 35 heavy (non-hydrogen) atoms. The second-order valence-corrected chi connectivity index (χ2v) is 9.15. The molecule has 0 bridgehead atoms. The summed E-state index contributed by atoms with van der Waals surface area (Å²) in [6, 6.07) is 24.0. The number of carbonyl (C=O) groups is 1. The molecular weight excluding hydrogens is 456 g/mol. The van der Waals surface area contributed by atoms with Gasteiger partial charge in [0.05, 0.1) is 24.2 Å². The van der Waals surface area contributed by atoms with Gasteiger partial charge in [-0.3, -0.25) is 14.3 Å². The summed E-state index contributed by atoms with van der Waals surface area (Å²) in [5, 5.41) is 9.50. The van der Waals surface area contributed by atoms with Gasteiger partial charge in [0, 0.05) is 12.1 Å². The molecule has 0 aliphatic carbocycles. The zero-order chi connectivity index (χ0) is 24.2. The molecule has 0 spiro atoms. The lowest BCUT2D eigenvalue weighted by Gasteiger charge is -2.24. The number of hydrogen-bond acceptors (Lipinski definition) is 5. The number of aromatic nitrogens is 3. The predicted molar refractivity (Wildman–Crippen MR) is 140 cm³/mol. The molecule has 1 aliphatic heterocycles. The first-order valence-corrected chi connectivity index (χ1v) is 12.5. The lowest BCUT2D eigenvalue weighted by molar-refractivity contribution is -0.115. The third-order valence-electron chi connectivity index (χ3n) is 6.08. The van der Waals surface area contributed by atoms with E-state index in [4.69, 9.17) is 4.74 Å². The lowest BCUT2D eigenvalue weighted by Crippen LogP contribution is -2.28. The summed E-state index contributed by atoms with van der Waals surface area (Å²) in [5.74, 6) is 1.76. The van der Waals surface area contributed by atoms with Crippen molar-refractivity contribution in [1.29, 1.82) is 0 Å². The van der Waals surface area contributed by atoms with Gasteiger partial charge in [-0.25, -0.2) is 0 Å². The summed E-state index contributed by atoms with van der Waals surface area (Å²) in [6.45, 7) is 4.43. The van der Waals surface area contributed by atoms with Crippen LogP contribution in [0.2, 0.25) is 0 Å². The van der Waals surface area contributed by atoms with Crippen molar-refractivity contribution in [2.45, 2.75) is 24.5 Å².